The average Bonchev–Trinajstić information content (AvgIpc) is 3.10. The molecular formula is C14H18O3. The van der Waals surface area contributed by atoms with E-state index in [2.05, 4.69) is 0 Å². The van der Waals surface area contributed by atoms with Crippen LogP contribution in [0.4, 0.5) is 0 Å². The van der Waals surface area contributed by atoms with E-state index in [4.69, 9.17) is 9.47 Å². The van der Waals surface area contributed by atoms with Gasteiger partial charge in [0.2, 0.25) is 0 Å². The molecule has 1 fully saturated rings. The summed E-state index contributed by atoms with van der Waals surface area (Å²) in [6.07, 6.45) is 2.62. The van der Waals surface area contributed by atoms with Crippen molar-refractivity contribution in [1.29, 1.82) is 0 Å². The van der Waals surface area contributed by atoms with Crippen LogP contribution in [0.1, 0.15) is 24.8 Å². The summed E-state index contributed by atoms with van der Waals surface area (Å²) < 4.78 is 10.4. The van der Waals surface area contributed by atoms with Crippen LogP contribution in [0.5, 0.6) is 0 Å². The van der Waals surface area contributed by atoms with Crippen LogP contribution >= 0.6 is 0 Å². The van der Waals surface area contributed by atoms with E-state index in [-0.39, 0.29) is 11.4 Å². The van der Waals surface area contributed by atoms with E-state index in [0.29, 0.717) is 19.6 Å². The largest absolute Gasteiger partial charge is 0.469 e. The first kappa shape index (κ1) is 12.1. The fraction of sp³-hybridized carbons (Fsp3) is 0.500. The molecule has 0 aliphatic heterocycles. The van der Waals surface area contributed by atoms with Crippen LogP contribution in [0.3, 0.4) is 0 Å². The molecule has 1 aliphatic rings. The number of ether oxygens (including phenoxy) is 2. The molecule has 3 heteroatoms. The topological polar surface area (TPSA) is 35.5 Å². The van der Waals surface area contributed by atoms with E-state index < -0.39 is 0 Å². The van der Waals surface area contributed by atoms with Gasteiger partial charge in [0.25, 0.3) is 0 Å². The fourth-order valence-electron chi connectivity index (χ4n) is 1.89. The zero-order valence-electron chi connectivity index (χ0n) is 10.1. The van der Waals surface area contributed by atoms with Gasteiger partial charge in [-0.15, -0.1) is 0 Å². The smallest absolute Gasteiger partial charge is 0.306 e. The van der Waals surface area contributed by atoms with Gasteiger partial charge in [0.15, 0.2) is 0 Å². The molecular weight excluding hydrogens is 216 g/mol. The summed E-state index contributed by atoms with van der Waals surface area (Å²) in [5.41, 5.74) is 1.23. The summed E-state index contributed by atoms with van der Waals surface area (Å²) in [5.74, 6) is -0.134. The summed E-state index contributed by atoms with van der Waals surface area (Å²) in [6, 6.07) is 10.1. The zero-order valence-corrected chi connectivity index (χ0v) is 10.1. The van der Waals surface area contributed by atoms with Gasteiger partial charge in [0.05, 0.1) is 26.7 Å². The van der Waals surface area contributed by atoms with E-state index >= 15 is 0 Å². The van der Waals surface area contributed by atoms with Gasteiger partial charge in [-0.05, 0) is 18.4 Å². The van der Waals surface area contributed by atoms with Crippen molar-refractivity contribution < 1.29 is 14.3 Å². The minimum atomic E-state index is -0.134. The summed E-state index contributed by atoms with van der Waals surface area (Å²) in [5, 5.41) is 0. The van der Waals surface area contributed by atoms with Crippen molar-refractivity contribution in [1.82, 2.24) is 0 Å². The van der Waals surface area contributed by atoms with Crippen LogP contribution in [0.15, 0.2) is 30.3 Å². The number of carbonyl (C=O) groups is 1. The molecule has 0 amide bonds. The van der Waals surface area contributed by atoms with E-state index in [0.717, 1.165) is 12.8 Å². The van der Waals surface area contributed by atoms with E-state index in [1.54, 1.807) is 0 Å². The lowest BCUT2D eigenvalue weighted by atomic mass is 10.0. The normalized spacial score (nSPS) is 16.5. The summed E-state index contributed by atoms with van der Waals surface area (Å²) in [6.45, 7) is 1.26. The average molecular weight is 234 g/mol. The van der Waals surface area contributed by atoms with Crippen molar-refractivity contribution >= 4 is 5.97 Å². The Bertz CT molecular complexity index is 368. The number of hydrogen-bond acceptors (Lipinski definition) is 3. The van der Waals surface area contributed by atoms with Crippen molar-refractivity contribution in [3.05, 3.63) is 35.9 Å². The highest BCUT2D eigenvalue weighted by Crippen LogP contribution is 2.49. The number of carbonyl (C=O) groups excluding carboxylic acids is 1. The minimum Gasteiger partial charge on any atom is -0.469 e. The Balaban J connectivity index is 1.73. The van der Waals surface area contributed by atoms with E-state index in [1.807, 2.05) is 30.3 Å². The van der Waals surface area contributed by atoms with E-state index in [9.17, 15) is 4.79 Å². The Morgan fingerprint density at radius 1 is 1.29 bits per heavy atom. The maximum absolute atomic E-state index is 11.2. The number of methoxy groups -OCH3 is 1. The van der Waals surface area contributed by atoms with Gasteiger partial charge in [0, 0.05) is 5.41 Å². The highest BCUT2D eigenvalue weighted by molar-refractivity contribution is 5.70. The maximum atomic E-state index is 11.2. The first-order chi connectivity index (χ1) is 8.24. The van der Waals surface area contributed by atoms with Crippen LogP contribution in [-0.4, -0.2) is 19.7 Å². The van der Waals surface area contributed by atoms with Crippen molar-refractivity contribution in [3.8, 4) is 0 Å². The van der Waals surface area contributed by atoms with Gasteiger partial charge in [-0.3, -0.25) is 4.79 Å². The highest BCUT2D eigenvalue weighted by Gasteiger charge is 2.44. The molecule has 0 unspecified atom stereocenters. The molecule has 1 aliphatic carbocycles. The van der Waals surface area contributed by atoms with Crippen molar-refractivity contribution in [2.75, 3.05) is 13.7 Å². The first-order valence-electron chi connectivity index (χ1n) is 5.93. The third-order valence-corrected chi connectivity index (χ3v) is 3.22. The lowest BCUT2D eigenvalue weighted by Gasteiger charge is -2.13. The minimum absolute atomic E-state index is 0.0574. The van der Waals surface area contributed by atoms with Crippen molar-refractivity contribution in [3.63, 3.8) is 0 Å². The molecule has 0 aromatic heterocycles. The van der Waals surface area contributed by atoms with Crippen LogP contribution in [0.25, 0.3) is 0 Å². The summed E-state index contributed by atoms with van der Waals surface area (Å²) in [4.78, 5) is 11.2. The Hall–Kier alpha value is -1.35. The Labute approximate surface area is 102 Å². The first-order valence-corrected chi connectivity index (χ1v) is 5.93. The molecule has 1 aromatic rings. The fourth-order valence-corrected chi connectivity index (χ4v) is 1.89. The molecule has 3 nitrogen and oxygen atoms in total. The van der Waals surface area contributed by atoms with Crippen LogP contribution < -0.4 is 0 Å². The monoisotopic (exact) mass is 234 g/mol. The second kappa shape index (κ2) is 5.32. The second-order valence-corrected chi connectivity index (χ2v) is 4.73. The molecule has 0 atom stereocenters. The Morgan fingerprint density at radius 2 is 2.00 bits per heavy atom. The summed E-state index contributed by atoms with van der Waals surface area (Å²) >= 11 is 0. The van der Waals surface area contributed by atoms with Gasteiger partial charge in [-0.25, -0.2) is 0 Å². The number of esters is 1. The lowest BCUT2D eigenvalue weighted by Crippen LogP contribution is -2.16. The maximum Gasteiger partial charge on any atom is 0.306 e. The Kier molecular flexibility index (Phi) is 3.79. The highest BCUT2D eigenvalue weighted by atomic mass is 16.5. The molecule has 0 saturated heterocycles. The zero-order chi connectivity index (χ0) is 12.1. The molecule has 0 bridgehead atoms. The molecule has 0 spiro atoms. The molecule has 0 radical (unpaired) electrons. The van der Waals surface area contributed by atoms with E-state index in [1.165, 1.54) is 12.7 Å². The molecule has 1 aromatic carbocycles. The molecule has 17 heavy (non-hydrogen) atoms. The quantitative estimate of drug-likeness (QED) is 0.710. The Morgan fingerprint density at radius 3 is 2.59 bits per heavy atom. The van der Waals surface area contributed by atoms with Gasteiger partial charge < -0.3 is 9.47 Å². The van der Waals surface area contributed by atoms with Gasteiger partial charge in [-0.1, -0.05) is 30.3 Å². The summed E-state index contributed by atoms with van der Waals surface area (Å²) in [7, 11) is 1.43. The predicted octanol–water partition coefficient (Wildman–Crippen LogP) is 2.55. The SMILES string of the molecule is COC(=O)CC1(COCc2ccccc2)CC1. The third-order valence-electron chi connectivity index (χ3n) is 3.22. The van der Waals surface area contributed by atoms with Gasteiger partial charge >= 0.3 is 5.97 Å². The second-order valence-electron chi connectivity index (χ2n) is 4.73. The standard InChI is InChI=1S/C14H18O3/c1-16-13(15)9-14(7-8-14)11-17-10-12-5-3-2-4-6-12/h2-6H,7-11H2,1H3. The molecule has 1 saturated carbocycles. The number of benzene rings is 1. The van der Waals surface area contributed by atoms with Crippen LogP contribution in [0, 0.1) is 5.41 Å². The predicted molar refractivity (Wildman–Crippen MR) is 64.4 cm³/mol. The number of rotatable bonds is 6. The molecule has 0 heterocycles. The molecule has 0 N–H and O–H groups in total. The lowest BCUT2D eigenvalue weighted by molar-refractivity contribution is -0.142. The van der Waals surface area contributed by atoms with Crippen molar-refractivity contribution in [2.45, 2.75) is 25.9 Å². The molecule has 2 rings (SSSR count). The van der Waals surface area contributed by atoms with Gasteiger partial charge in [0.1, 0.15) is 0 Å². The van der Waals surface area contributed by atoms with Gasteiger partial charge in [-0.2, -0.15) is 0 Å². The van der Waals surface area contributed by atoms with Crippen molar-refractivity contribution in [2.24, 2.45) is 5.41 Å². The van der Waals surface area contributed by atoms with Crippen LogP contribution in [-0.2, 0) is 20.9 Å². The van der Waals surface area contributed by atoms with Crippen LogP contribution in [0.2, 0.25) is 0 Å². The molecule has 92 valence electrons. The number of hydrogen-bond donors (Lipinski definition) is 0. The third kappa shape index (κ3) is 3.56.